The maximum absolute atomic E-state index is 11.7. The van der Waals surface area contributed by atoms with Gasteiger partial charge >= 0.3 is 12.1 Å². The molecule has 1 heterocycles. The molecule has 1 fully saturated rings. The standard InChI is InChI=1S/C13H15NO5/c15-7-10-6-11(14(10)13(17)18)8-19-12(16)9-4-2-1-3-5-9/h1-5,10-11,15H,6-8H2,(H,17,18)/t10-,11-/m1/s1. The number of nitrogens with zero attached hydrogens (tertiary/aromatic N) is 1. The second-order valence-corrected chi connectivity index (χ2v) is 4.38. The summed E-state index contributed by atoms with van der Waals surface area (Å²) in [4.78, 5) is 23.8. The molecule has 19 heavy (non-hydrogen) atoms. The lowest BCUT2D eigenvalue weighted by molar-refractivity contribution is -0.0342. The molecule has 6 heteroatoms. The summed E-state index contributed by atoms with van der Waals surface area (Å²) < 4.78 is 5.08. The molecule has 1 aromatic rings. The Balaban J connectivity index is 1.86. The minimum Gasteiger partial charge on any atom is -0.465 e. The Labute approximate surface area is 110 Å². The molecule has 0 radical (unpaired) electrons. The molecule has 1 aliphatic rings. The number of rotatable bonds is 4. The zero-order chi connectivity index (χ0) is 13.8. The first-order valence-electron chi connectivity index (χ1n) is 5.97. The number of benzene rings is 1. The van der Waals surface area contributed by atoms with Crippen LogP contribution in [0.4, 0.5) is 4.79 Å². The molecule has 102 valence electrons. The maximum Gasteiger partial charge on any atom is 0.407 e. The number of carboxylic acid groups (broad SMARTS) is 1. The Hall–Kier alpha value is -2.08. The van der Waals surface area contributed by atoms with Crippen molar-refractivity contribution in [3.63, 3.8) is 0 Å². The second kappa shape index (κ2) is 5.71. The second-order valence-electron chi connectivity index (χ2n) is 4.38. The molecular formula is C13H15NO5. The van der Waals surface area contributed by atoms with Crippen molar-refractivity contribution in [2.75, 3.05) is 13.2 Å². The molecule has 6 nitrogen and oxygen atoms in total. The van der Waals surface area contributed by atoms with Crippen LogP contribution in [0.3, 0.4) is 0 Å². The van der Waals surface area contributed by atoms with E-state index in [1.54, 1.807) is 30.3 Å². The highest BCUT2D eigenvalue weighted by Gasteiger charge is 2.42. The molecule has 2 N–H and O–H groups in total. The van der Waals surface area contributed by atoms with E-state index in [9.17, 15) is 9.59 Å². The van der Waals surface area contributed by atoms with E-state index in [1.807, 2.05) is 0 Å². The van der Waals surface area contributed by atoms with Gasteiger partial charge in [-0.05, 0) is 18.6 Å². The summed E-state index contributed by atoms with van der Waals surface area (Å²) in [7, 11) is 0. The minimum absolute atomic E-state index is 0.0104. The summed E-state index contributed by atoms with van der Waals surface area (Å²) in [6.07, 6.45) is -0.601. The first-order valence-corrected chi connectivity index (χ1v) is 5.97. The van der Waals surface area contributed by atoms with Crippen LogP contribution < -0.4 is 0 Å². The minimum atomic E-state index is -1.11. The van der Waals surface area contributed by atoms with Gasteiger partial charge in [0.2, 0.25) is 0 Å². The predicted molar refractivity (Wildman–Crippen MR) is 65.9 cm³/mol. The maximum atomic E-state index is 11.7. The van der Waals surface area contributed by atoms with Crippen LogP contribution in [0.5, 0.6) is 0 Å². The largest absolute Gasteiger partial charge is 0.465 e. The first-order chi connectivity index (χ1) is 9.13. The number of aliphatic hydroxyl groups is 1. The van der Waals surface area contributed by atoms with Gasteiger partial charge in [0.1, 0.15) is 6.61 Å². The van der Waals surface area contributed by atoms with Crippen LogP contribution in [0.2, 0.25) is 0 Å². The molecule has 0 unspecified atom stereocenters. The molecule has 0 aliphatic carbocycles. The van der Waals surface area contributed by atoms with E-state index in [4.69, 9.17) is 14.9 Å². The van der Waals surface area contributed by atoms with Crippen molar-refractivity contribution in [3.05, 3.63) is 35.9 Å². The van der Waals surface area contributed by atoms with Crippen molar-refractivity contribution in [1.82, 2.24) is 4.90 Å². The SMILES string of the molecule is O=C(OC[C@H]1C[C@H](CO)N1C(=O)O)c1ccccc1. The summed E-state index contributed by atoms with van der Waals surface area (Å²) in [5, 5.41) is 17.9. The number of likely N-dealkylation sites (tertiary alicyclic amines) is 1. The van der Waals surface area contributed by atoms with E-state index < -0.39 is 18.1 Å². The molecule has 0 spiro atoms. The third kappa shape index (κ3) is 2.85. The molecule has 2 rings (SSSR count). The third-order valence-electron chi connectivity index (χ3n) is 3.18. The van der Waals surface area contributed by atoms with Crippen LogP contribution in [0, 0.1) is 0 Å². The number of aliphatic hydroxyl groups excluding tert-OH is 1. The summed E-state index contributed by atoms with van der Waals surface area (Å²) in [5.41, 5.74) is 0.433. The summed E-state index contributed by atoms with van der Waals surface area (Å²) in [6, 6.07) is 7.75. The molecule has 1 aromatic carbocycles. The van der Waals surface area contributed by atoms with Crippen molar-refractivity contribution >= 4 is 12.1 Å². The van der Waals surface area contributed by atoms with Crippen LogP contribution in [0.25, 0.3) is 0 Å². The third-order valence-corrected chi connectivity index (χ3v) is 3.18. The topological polar surface area (TPSA) is 87.1 Å². The van der Waals surface area contributed by atoms with E-state index in [0.717, 1.165) is 4.90 Å². The number of hydrogen-bond donors (Lipinski definition) is 2. The molecule has 1 aliphatic heterocycles. The average molecular weight is 265 g/mol. The van der Waals surface area contributed by atoms with Crippen LogP contribution in [0.1, 0.15) is 16.8 Å². The zero-order valence-electron chi connectivity index (χ0n) is 10.2. The van der Waals surface area contributed by atoms with Crippen molar-refractivity contribution in [2.24, 2.45) is 0 Å². The van der Waals surface area contributed by atoms with Gasteiger partial charge in [-0.2, -0.15) is 0 Å². The predicted octanol–water partition coefficient (Wildman–Crippen LogP) is 0.957. The Morgan fingerprint density at radius 3 is 2.53 bits per heavy atom. The highest BCUT2D eigenvalue weighted by atomic mass is 16.5. The lowest BCUT2D eigenvalue weighted by atomic mass is 9.95. The fourth-order valence-electron chi connectivity index (χ4n) is 2.15. The highest BCUT2D eigenvalue weighted by molar-refractivity contribution is 5.89. The lowest BCUT2D eigenvalue weighted by Gasteiger charge is -2.45. The van der Waals surface area contributed by atoms with Crippen LogP contribution in [-0.4, -0.2) is 52.5 Å². The van der Waals surface area contributed by atoms with Gasteiger partial charge in [0.15, 0.2) is 0 Å². The Morgan fingerprint density at radius 1 is 1.26 bits per heavy atom. The van der Waals surface area contributed by atoms with Gasteiger partial charge in [0, 0.05) is 0 Å². The number of hydrogen-bond acceptors (Lipinski definition) is 4. The monoisotopic (exact) mass is 265 g/mol. The lowest BCUT2D eigenvalue weighted by Crippen LogP contribution is -2.61. The van der Waals surface area contributed by atoms with Crippen molar-refractivity contribution < 1.29 is 24.5 Å². The van der Waals surface area contributed by atoms with Gasteiger partial charge in [0.05, 0.1) is 24.3 Å². The normalized spacial score (nSPS) is 21.6. The Bertz CT molecular complexity index is 461. The first kappa shape index (κ1) is 13.4. The number of esters is 1. The molecule has 1 saturated heterocycles. The molecule has 2 atom stereocenters. The van der Waals surface area contributed by atoms with Gasteiger partial charge in [-0.25, -0.2) is 9.59 Å². The van der Waals surface area contributed by atoms with Crippen LogP contribution in [-0.2, 0) is 4.74 Å². The Morgan fingerprint density at radius 2 is 1.95 bits per heavy atom. The molecule has 0 aromatic heterocycles. The van der Waals surface area contributed by atoms with Gasteiger partial charge in [-0.15, -0.1) is 0 Å². The van der Waals surface area contributed by atoms with E-state index in [2.05, 4.69) is 0 Å². The van der Waals surface area contributed by atoms with E-state index in [-0.39, 0.29) is 19.3 Å². The van der Waals surface area contributed by atoms with E-state index in [1.165, 1.54) is 0 Å². The summed E-state index contributed by atoms with van der Waals surface area (Å²) >= 11 is 0. The average Bonchev–Trinajstić information content (AvgIpc) is 2.37. The number of carbonyl (C=O) groups is 2. The zero-order valence-corrected chi connectivity index (χ0v) is 10.2. The fourth-order valence-corrected chi connectivity index (χ4v) is 2.15. The van der Waals surface area contributed by atoms with Crippen molar-refractivity contribution in [1.29, 1.82) is 0 Å². The number of amides is 1. The number of carbonyl (C=O) groups excluding carboxylic acids is 1. The highest BCUT2D eigenvalue weighted by Crippen LogP contribution is 2.25. The molecule has 1 amide bonds. The summed E-state index contributed by atoms with van der Waals surface area (Å²) in [5.74, 6) is -0.474. The fraction of sp³-hybridized carbons (Fsp3) is 0.385. The smallest absolute Gasteiger partial charge is 0.407 e. The molecule has 0 bridgehead atoms. The summed E-state index contributed by atoms with van der Waals surface area (Å²) in [6.45, 7) is -0.202. The van der Waals surface area contributed by atoms with E-state index in [0.29, 0.717) is 12.0 Å². The van der Waals surface area contributed by atoms with Gasteiger partial charge in [-0.1, -0.05) is 18.2 Å². The Kier molecular flexibility index (Phi) is 4.01. The van der Waals surface area contributed by atoms with Gasteiger partial charge < -0.3 is 14.9 Å². The van der Waals surface area contributed by atoms with Crippen molar-refractivity contribution in [3.8, 4) is 0 Å². The van der Waals surface area contributed by atoms with Crippen LogP contribution in [0.15, 0.2) is 30.3 Å². The molecule has 0 saturated carbocycles. The van der Waals surface area contributed by atoms with E-state index >= 15 is 0 Å². The molecular weight excluding hydrogens is 250 g/mol. The number of ether oxygens (including phenoxy) is 1. The van der Waals surface area contributed by atoms with Crippen molar-refractivity contribution in [2.45, 2.75) is 18.5 Å². The quantitative estimate of drug-likeness (QED) is 0.792. The van der Waals surface area contributed by atoms with Crippen LogP contribution >= 0.6 is 0 Å². The van der Waals surface area contributed by atoms with Gasteiger partial charge in [0.25, 0.3) is 0 Å². The van der Waals surface area contributed by atoms with Gasteiger partial charge in [-0.3, -0.25) is 4.90 Å².